The molecule has 0 saturated heterocycles. The molecule has 0 unspecified atom stereocenters. The van der Waals surface area contributed by atoms with Crippen LogP contribution < -0.4 is 0 Å². The molecule has 150 valence electrons. The lowest BCUT2D eigenvalue weighted by Crippen LogP contribution is -2.51. The van der Waals surface area contributed by atoms with E-state index in [1.165, 1.54) is 0 Å². The molecule has 0 aromatic rings. The minimum atomic E-state index is -1.69. The Morgan fingerprint density at radius 2 is 0.741 bits per heavy atom. The lowest BCUT2D eigenvalue weighted by molar-refractivity contribution is 0.258. The first-order valence-corrected chi connectivity index (χ1v) is 12.3. The van der Waals surface area contributed by atoms with Crippen LogP contribution in [0.1, 0.15) is 6.42 Å². The van der Waals surface area contributed by atoms with E-state index in [0.717, 1.165) is 0 Å². The highest BCUT2D eigenvalue weighted by Gasteiger charge is 2.92. The molecule has 5 rings (SSSR count). The van der Waals surface area contributed by atoms with E-state index >= 15 is 0 Å². The van der Waals surface area contributed by atoms with Gasteiger partial charge in [0.05, 0.1) is 20.1 Å². The van der Waals surface area contributed by atoms with Crippen molar-refractivity contribution in [1.82, 2.24) is 0 Å². The van der Waals surface area contributed by atoms with Crippen molar-refractivity contribution in [3.63, 3.8) is 0 Å². The zero-order valence-electron chi connectivity index (χ0n) is 12.6. The number of alkyl halides is 8. The molecular formula is C15H6Cl12. The molecule has 5 aliphatic carbocycles. The van der Waals surface area contributed by atoms with Crippen LogP contribution in [0.4, 0.5) is 0 Å². The lowest BCUT2D eigenvalue weighted by Gasteiger charge is -2.43. The molecular weight excluding hydrogens is 606 g/mol. The van der Waals surface area contributed by atoms with Crippen molar-refractivity contribution in [3.05, 3.63) is 20.1 Å². The average molecular weight is 612 g/mol. The Hall–Kier alpha value is 2.96. The highest BCUT2D eigenvalue weighted by molar-refractivity contribution is 6.67. The average Bonchev–Trinajstić information content (AvgIpc) is 3.16. The third-order valence-corrected chi connectivity index (χ3v) is 15.8. The summed E-state index contributed by atoms with van der Waals surface area (Å²) in [5.74, 6) is -1.82. The molecule has 3 saturated carbocycles. The highest BCUT2D eigenvalue weighted by Crippen LogP contribution is 2.88. The maximum Gasteiger partial charge on any atom is 0.166 e. The Balaban J connectivity index is 1.80. The molecule has 0 radical (unpaired) electrons. The zero-order chi connectivity index (χ0) is 20.3. The molecule has 5 aliphatic rings. The molecule has 0 aromatic carbocycles. The zero-order valence-corrected chi connectivity index (χ0v) is 21.6. The van der Waals surface area contributed by atoms with Gasteiger partial charge in [0.15, 0.2) is 8.67 Å². The highest BCUT2D eigenvalue weighted by atomic mass is 35.5. The summed E-state index contributed by atoms with van der Waals surface area (Å²) in [6.45, 7) is 0. The Bertz CT molecular complexity index is 806. The number of halogens is 12. The monoisotopic (exact) mass is 606 g/mol. The normalized spacial score (nSPS) is 59.1. The van der Waals surface area contributed by atoms with E-state index in [2.05, 4.69) is 0 Å². The Kier molecular flexibility index (Phi) is 4.47. The molecule has 0 amide bonds. The molecule has 3 fully saturated rings. The topological polar surface area (TPSA) is 0 Å². The van der Waals surface area contributed by atoms with Gasteiger partial charge in [-0.05, 0) is 30.1 Å². The number of fused-ring (bicyclic) bond motifs is 11. The smallest absolute Gasteiger partial charge is 0.109 e. The summed E-state index contributed by atoms with van der Waals surface area (Å²) < 4.78 is -3.37. The van der Waals surface area contributed by atoms with Crippen LogP contribution in [0.15, 0.2) is 20.1 Å². The van der Waals surface area contributed by atoms with E-state index in [9.17, 15) is 0 Å². The summed E-state index contributed by atoms with van der Waals surface area (Å²) in [5, 5.41) is 0.417. The van der Waals surface area contributed by atoms with Crippen LogP contribution in [0, 0.1) is 23.7 Å². The van der Waals surface area contributed by atoms with Gasteiger partial charge in [0, 0.05) is 0 Å². The maximum absolute atomic E-state index is 7.01. The first-order chi connectivity index (χ1) is 12.1. The van der Waals surface area contributed by atoms with E-state index < -0.39 is 40.0 Å². The van der Waals surface area contributed by atoms with Crippen LogP contribution in [0.2, 0.25) is 0 Å². The van der Waals surface area contributed by atoms with Crippen molar-refractivity contribution in [3.8, 4) is 0 Å². The summed E-state index contributed by atoms with van der Waals surface area (Å²) >= 11 is 80.6. The molecule has 4 bridgehead atoms. The van der Waals surface area contributed by atoms with Gasteiger partial charge in [0.2, 0.25) is 0 Å². The largest absolute Gasteiger partial charge is 0.166 e. The molecule has 0 aromatic heterocycles. The van der Waals surface area contributed by atoms with Crippen LogP contribution >= 0.6 is 139 Å². The quantitative estimate of drug-likeness (QED) is 0.241. The summed E-state index contributed by atoms with van der Waals surface area (Å²) in [6.07, 6.45) is 0.397. The molecule has 8 atom stereocenters. The molecule has 12 heteroatoms. The lowest BCUT2D eigenvalue weighted by atomic mass is 9.74. The molecule has 0 heterocycles. The van der Waals surface area contributed by atoms with Crippen molar-refractivity contribution in [2.45, 2.75) is 34.6 Å². The molecule has 0 N–H and O–H groups in total. The number of hydrogen-bond acceptors (Lipinski definition) is 0. The molecule has 0 nitrogen and oxygen atoms in total. The first-order valence-electron chi connectivity index (χ1n) is 7.74. The first kappa shape index (κ1) is 21.8. The molecule has 27 heavy (non-hydrogen) atoms. The van der Waals surface area contributed by atoms with Gasteiger partial charge in [-0.1, -0.05) is 92.8 Å². The predicted molar refractivity (Wildman–Crippen MR) is 119 cm³/mol. The van der Waals surface area contributed by atoms with Crippen LogP contribution in [0.5, 0.6) is 0 Å². The van der Waals surface area contributed by atoms with Gasteiger partial charge in [-0.2, -0.15) is 0 Å². The van der Waals surface area contributed by atoms with Crippen molar-refractivity contribution in [2.24, 2.45) is 23.7 Å². The number of allylic oxidation sites excluding steroid dienone is 4. The maximum atomic E-state index is 7.01. The second-order valence-electron chi connectivity index (χ2n) is 7.75. The van der Waals surface area contributed by atoms with Gasteiger partial charge >= 0.3 is 0 Å². The van der Waals surface area contributed by atoms with Crippen LogP contribution in [-0.4, -0.2) is 28.2 Å². The fraction of sp³-hybridized carbons (Fsp3) is 0.733. The van der Waals surface area contributed by atoms with Crippen molar-refractivity contribution < 1.29 is 0 Å². The Morgan fingerprint density at radius 1 is 0.481 bits per heavy atom. The van der Waals surface area contributed by atoms with E-state index in [0.29, 0.717) is 6.42 Å². The van der Waals surface area contributed by atoms with E-state index in [1.54, 1.807) is 0 Å². The van der Waals surface area contributed by atoms with Gasteiger partial charge in [-0.3, -0.25) is 0 Å². The minimum absolute atomic E-state index is 0.0836. The summed E-state index contributed by atoms with van der Waals surface area (Å²) in [5.41, 5.74) is 0. The van der Waals surface area contributed by atoms with Gasteiger partial charge in [-0.25, -0.2) is 0 Å². The number of hydrogen-bond donors (Lipinski definition) is 0. The van der Waals surface area contributed by atoms with Crippen molar-refractivity contribution in [1.29, 1.82) is 0 Å². The summed E-state index contributed by atoms with van der Waals surface area (Å²) in [6, 6.07) is 0. The van der Waals surface area contributed by atoms with Crippen LogP contribution in [0.3, 0.4) is 0 Å². The fourth-order valence-electron chi connectivity index (χ4n) is 6.16. The minimum Gasteiger partial charge on any atom is -0.109 e. The summed E-state index contributed by atoms with van der Waals surface area (Å²) in [4.78, 5) is -5.83. The second-order valence-corrected chi connectivity index (χ2v) is 14.3. The third kappa shape index (κ3) is 1.71. The number of rotatable bonds is 0. The van der Waals surface area contributed by atoms with Crippen LogP contribution in [-0.2, 0) is 0 Å². The Morgan fingerprint density at radius 3 is 1.04 bits per heavy atom. The Labute approximate surface area is 215 Å². The second kappa shape index (κ2) is 5.53. The van der Waals surface area contributed by atoms with Crippen molar-refractivity contribution >= 4 is 139 Å². The van der Waals surface area contributed by atoms with Crippen molar-refractivity contribution in [2.75, 3.05) is 0 Å². The van der Waals surface area contributed by atoms with Crippen LogP contribution in [0.25, 0.3) is 0 Å². The molecule has 0 aliphatic heterocycles. The standard InChI is InChI=1S/C15H6Cl12/c16-6-8(18)12(22)4-2(10(6,20)14(12,24)25)1-3-5(4)13(23)9(19)7(17)11(3,21)15(13,26)27/h2-5H,1H2/t2-,3+,4+,5-,10-,11-,12-,13-/m0/s1. The summed E-state index contributed by atoms with van der Waals surface area (Å²) in [7, 11) is 0. The molecule has 0 spiro atoms. The van der Waals surface area contributed by atoms with Gasteiger partial charge in [0.1, 0.15) is 19.5 Å². The predicted octanol–water partition coefficient (Wildman–Crippen LogP) is 8.55. The van der Waals surface area contributed by atoms with Gasteiger partial charge in [0.25, 0.3) is 0 Å². The fourth-order valence-corrected chi connectivity index (χ4v) is 12.4. The van der Waals surface area contributed by atoms with Gasteiger partial charge < -0.3 is 0 Å². The SMILES string of the molecule is ClC1=C(Cl)[C@@]2(Cl)[C@@H]3C[C@H]4[C@H]([C@H]3[C@@]1(Cl)C2(Cl)Cl)[C@]1(Cl)C(Cl)=C(Cl)[C@]4(Cl)C1(Cl)Cl. The third-order valence-electron chi connectivity index (χ3n) is 7.19. The van der Waals surface area contributed by atoms with Gasteiger partial charge in [-0.15, -0.1) is 46.4 Å². The van der Waals surface area contributed by atoms with E-state index in [4.69, 9.17) is 139 Å². The van der Waals surface area contributed by atoms with E-state index in [-0.39, 0.29) is 32.0 Å². The van der Waals surface area contributed by atoms with E-state index in [1.807, 2.05) is 0 Å².